The summed E-state index contributed by atoms with van der Waals surface area (Å²) in [6, 6.07) is 0. The Morgan fingerprint density at radius 1 is 1.29 bits per heavy atom. The molecule has 0 saturated heterocycles. The zero-order valence-corrected chi connectivity index (χ0v) is 11.9. The molecule has 4 heteroatoms. The Balaban J connectivity index is 4.27. The fraction of sp³-hybridized carbons (Fsp3) is 1.00. The van der Waals surface area contributed by atoms with Crippen LogP contribution in [0.15, 0.2) is 0 Å². The molecule has 86 valence electrons. The van der Waals surface area contributed by atoms with Crippen LogP contribution < -0.4 is 0 Å². The van der Waals surface area contributed by atoms with E-state index in [-0.39, 0.29) is 0 Å². The first-order valence-electron chi connectivity index (χ1n) is 5.03. The van der Waals surface area contributed by atoms with E-state index in [4.69, 9.17) is 0 Å². The lowest BCUT2D eigenvalue weighted by Gasteiger charge is -2.20. The van der Waals surface area contributed by atoms with Gasteiger partial charge >= 0.3 is 0 Å². The maximum Gasteiger partial charge on any atom is 0.155 e. The Kier molecular flexibility index (Phi) is 5.67. The lowest BCUT2D eigenvalue weighted by atomic mass is 10.1. The second-order valence-corrected chi connectivity index (χ2v) is 8.16. The van der Waals surface area contributed by atoms with Crippen LogP contribution in [0.2, 0.25) is 0 Å². The van der Waals surface area contributed by atoms with Gasteiger partial charge in [-0.3, -0.25) is 0 Å². The molecule has 0 amide bonds. The van der Waals surface area contributed by atoms with Crippen LogP contribution in [0.4, 0.5) is 0 Å². The molecule has 1 unspecified atom stereocenters. The van der Waals surface area contributed by atoms with Gasteiger partial charge in [0, 0.05) is 5.33 Å². The zero-order chi connectivity index (χ0) is 11.4. The number of alkyl halides is 1. The van der Waals surface area contributed by atoms with Crippen LogP contribution in [-0.4, -0.2) is 24.2 Å². The van der Waals surface area contributed by atoms with Crippen molar-refractivity contribution in [3.8, 4) is 0 Å². The molecule has 0 spiro atoms. The van der Waals surface area contributed by atoms with Gasteiger partial charge in [-0.2, -0.15) is 0 Å². The van der Waals surface area contributed by atoms with E-state index in [1.165, 1.54) is 0 Å². The number of hydrogen-bond acceptors (Lipinski definition) is 2. The highest BCUT2D eigenvalue weighted by atomic mass is 79.9. The summed E-state index contributed by atoms with van der Waals surface area (Å²) >= 11 is 3.40. The molecule has 1 atom stereocenters. The summed E-state index contributed by atoms with van der Waals surface area (Å²) in [7, 11) is -2.93. The van der Waals surface area contributed by atoms with E-state index in [9.17, 15) is 8.42 Å². The average molecular weight is 285 g/mol. The summed E-state index contributed by atoms with van der Waals surface area (Å²) < 4.78 is 22.9. The molecule has 0 rings (SSSR count). The van der Waals surface area contributed by atoms with E-state index in [0.29, 0.717) is 11.7 Å². The molecule has 0 N–H and O–H groups in total. The molecule has 0 saturated carbocycles. The van der Waals surface area contributed by atoms with Gasteiger partial charge in [-0.15, -0.1) is 0 Å². The van der Waals surface area contributed by atoms with Gasteiger partial charge in [0.1, 0.15) is 0 Å². The third-order valence-electron chi connectivity index (χ3n) is 2.52. The average Bonchev–Trinajstić information content (AvgIpc) is 2.04. The van der Waals surface area contributed by atoms with E-state index < -0.39 is 14.6 Å². The Labute approximate surface area is 96.5 Å². The minimum absolute atomic E-state index is 0.306. The molecule has 0 bridgehead atoms. The molecule has 0 fully saturated rings. The number of sulfone groups is 1. The second-order valence-electron chi connectivity index (χ2n) is 4.65. The quantitative estimate of drug-likeness (QED) is 0.728. The van der Waals surface area contributed by atoms with Crippen LogP contribution >= 0.6 is 15.9 Å². The molecule has 0 aliphatic rings. The van der Waals surface area contributed by atoms with Crippen LogP contribution in [0.25, 0.3) is 0 Å². The van der Waals surface area contributed by atoms with Crippen LogP contribution in [0, 0.1) is 5.92 Å². The van der Waals surface area contributed by atoms with Crippen LogP contribution in [0.5, 0.6) is 0 Å². The predicted molar refractivity (Wildman–Crippen MR) is 65.7 cm³/mol. The summed E-state index contributed by atoms with van der Waals surface area (Å²) in [6.45, 7) is 7.38. The first-order chi connectivity index (χ1) is 6.24. The number of rotatable bonds is 5. The number of halogens is 1. The minimum atomic E-state index is -2.93. The molecular formula is C10H21BrO2S. The van der Waals surface area contributed by atoms with Gasteiger partial charge in [-0.25, -0.2) is 8.42 Å². The summed E-state index contributed by atoms with van der Waals surface area (Å²) in [5.41, 5.74) is 0. The Morgan fingerprint density at radius 2 is 1.79 bits per heavy atom. The van der Waals surface area contributed by atoms with Crippen molar-refractivity contribution in [1.82, 2.24) is 0 Å². The van der Waals surface area contributed by atoms with Crippen molar-refractivity contribution >= 4 is 25.8 Å². The third kappa shape index (κ3) is 4.30. The van der Waals surface area contributed by atoms with Gasteiger partial charge in [-0.1, -0.05) is 29.3 Å². The zero-order valence-electron chi connectivity index (χ0n) is 9.51. The van der Waals surface area contributed by atoms with Gasteiger partial charge < -0.3 is 0 Å². The molecule has 2 nitrogen and oxygen atoms in total. The van der Waals surface area contributed by atoms with Crippen LogP contribution in [-0.2, 0) is 9.84 Å². The third-order valence-corrected chi connectivity index (χ3v) is 6.08. The first-order valence-corrected chi connectivity index (χ1v) is 7.80. The van der Waals surface area contributed by atoms with Crippen molar-refractivity contribution in [3.63, 3.8) is 0 Å². The van der Waals surface area contributed by atoms with Gasteiger partial charge in [-0.05, 0) is 33.1 Å². The molecule has 0 aromatic heterocycles. The largest absolute Gasteiger partial charge is 0.228 e. The molecule has 0 aliphatic carbocycles. The standard InChI is InChI=1S/C10H21BrO2S/c1-5-9(8-11)6-7-14(12,13)10(2,3)4/h9H,5-8H2,1-4H3. The van der Waals surface area contributed by atoms with Crippen LogP contribution in [0.3, 0.4) is 0 Å². The molecule has 0 aromatic rings. The fourth-order valence-electron chi connectivity index (χ4n) is 1.02. The van der Waals surface area contributed by atoms with Gasteiger partial charge in [0.05, 0.1) is 10.5 Å². The molecule has 0 radical (unpaired) electrons. The summed E-state index contributed by atoms with van der Waals surface area (Å²) in [6.07, 6.45) is 1.80. The second kappa shape index (κ2) is 5.50. The van der Waals surface area contributed by atoms with E-state index in [1.54, 1.807) is 20.8 Å². The van der Waals surface area contributed by atoms with Crippen molar-refractivity contribution in [3.05, 3.63) is 0 Å². The molecule has 0 aliphatic heterocycles. The first kappa shape index (κ1) is 14.4. The van der Waals surface area contributed by atoms with E-state index in [2.05, 4.69) is 22.9 Å². The monoisotopic (exact) mass is 284 g/mol. The highest BCUT2D eigenvalue weighted by molar-refractivity contribution is 9.09. The number of hydrogen-bond donors (Lipinski definition) is 0. The van der Waals surface area contributed by atoms with Crippen molar-refractivity contribution in [2.24, 2.45) is 5.92 Å². The normalized spacial score (nSPS) is 15.5. The highest BCUT2D eigenvalue weighted by Gasteiger charge is 2.28. The Morgan fingerprint density at radius 3 is 2.07 bits per heavy atom. The SMILES string of the molecule is CCC(CBr)CCS(=O)(=O)C(C)(C)C. The van der Waals surface area contributed by atoms with E-state index in [0.717, 1.165) is 18.2 Å². The van der Waals surface area contributed by atoms with Crippen molar-refractivity contribution < 1.29 is 8.42 Å². The molecular weight excluding hydrogens is 264 g/mol. The lowest BCUT2D eigenvalue weighted by molar-refractivity contribution is 0.526. The predicted octanol–water partition coefficient (Wildman–Crippen LogP) is 3.01. The van der Waals surface area contributed by atoms with Crippen molar-refractivity contribution in [1.29, 1.82) is 0 Å². The summed E-state index contributed by atoms with van der Waals surface area (Å²) in [4.78, 5) is 0. The minimum Gasteiger partial charge on any atom is -0.228 e. The van der Waals surface area contributed by atoms with Crippen molar-refractivity contribution in [2.45, 2.75) is 45.3 Å². The summed E-state index contributed by atoms with van der Waals surface area (Å²) in [5, 5.41) is 0.892. The summed E-state index contributed by atoms with van der Waals surface area (Å²) in [5.74, 6) is 0.785. The van der Waals surface area contributed by atoms with E-state index >= 15 is 0 Å². The maximum absolute atomic E-state index is 11.8. The van der Waals surface area contributed by atoms with Crippen molar-refractivity contribution in [2.75, 3.05) is 11.1 Å². The van der Waals surface area contributed by atoms with E-state index in [1.807, 2.05) is 0 Å². The van der Waals surface area contributed by atoms with Gasteiger partial charge in [0.25, 0.3) is 0 Å². The fourth-order valence-corrected chi connectivity index (χ4v) is 3.06. The highest BCUT2D eigenvalue weighted by Crippen LogP contribution is 2.20. The van der Waals surface area contributed by atoms with Gasteiger partial charge in [0.2, 0.25) is 0 Å². The van der Waals surface area contributed by atoms with Crippen LogP contribution in [0.1, 0.15) is 40.5 Å². The smallest absolute Gasteiger partial charge is 0.155 e. The lowest BCUT2D eigenvalue weighted by Crippen LogP contribution is -2.31. The van der Waals surface area contributed by atoms with Gasteiger partial charge in [0.15, 0.2) is 9.84 Å². The molecule has 0 heterocycles. The molecule has 14 heavy (non-hydrogen) atoms. The Bertz CT molecular complexity index is 248. The molecule has 0 aromatic carbocycles. The Hall–Kier alpha value is 0.430. The maximum atomic E-state index is 11.8. The topological polar surface area (TPSA) is 34.1 Å².